The Bertz CT molecular complexity index is 1620. The van der Waals surface area contributed by atoms with Gasteiger partial charge in [-0.15, -0.1) is 0 Å². The number of rotatable bonds is 6. The number of likely N-dealkylation sites (tertiary alicyclic amines) is 1. The zero-order valence-electron chi connectivity index (χ0n) is 19.6. The fourth-order valence-electron chi connectivity index (χ4n) is 5.25. The van der Waals surface area contributed by atoms with Gasteiger partial charge >= 0.3 is 0 Å². The fraction of sp³-hybridized carbons (Fsp3) is 0.259. The third-order valence-corrected chi connectivity index (χ3v) is 7.70. The Kier molecular flexibility index (Phi) is 6.02. The van der Waals surface area contributed by atoms with Crippen LogP contribution in [0.5, 0.6) is 0 Å². The number of halogens is 1. The summed E-state index contributed by atoms with van der Waals surface area (Å²) < 4.78 is 37.9. The summed E-state index contributed by atoms with van der Waals surface area (Å²) in [5.74, 6) is 0.241. The lowest BCUT2D eigenvalue weighted by atomic mass is 9.93. The number of benzene rings is 1. The molecule has 0 amide bonds. The molecule has 4 aromatic heterocycles. The molecule has 0 unspecified atom stereocenters. The fourth-order valence-corrected chi connectivity index (χ4v) is 5.86. The Balaban J connectivity index is 1.31. The minimum atomic E-state index is -2.38. The normalized spacial score (nSPS) is 15.4. The van der Waals surface area contributed by atoms with Crippen LogP contribution in [0.2, 0.25) is 0 Å². The second-order valence-corrected chi connectivity index (χ2v) is 10.4. The molecular formula is C27H26FN5O2S. The second kappa shape index (κ2) is 9.48. The van der Waals surface area contributed by atoms with Crippen LogP contribution in [0.15, 0.2) is 67.1 Å². The molecule has 5 heterocycles. The highest BCUT2D eigenvalue weighted by atomic mass is 32.2. The smallest absolute Gasteiger partial charge is 0.153 e. The van der Waals surface area contributed by atoms with E-state index in [1.807, 2.05) is 35.5 Å². The molecule has 1 saturated heterocycles. The molecule has 1 aliphatic rings. The van der Waals surface area contributed by atoms with Crippen molar-refractivity contribution in [3.8, 4) is 11.1 Å². The van der Waals surface area contributed by atoms with Crippen molar-refractivity contribution >= 4 is 32.8 Å². The SMILES string of the molecule is O=[SH](=O)CN1CCC(c2cc3c(-c4cnc5ccn(Cc6cccc(F)c6)c5c4)ccnc3[nH]2)CC1. The van der Waals surface area contributed by atoms with E-state index < -0.39 is 10.7 Å². The van der Waals surface area contributed by atoms with Crippen molar-refractivity contribution in [2.75, 3.05) is 19.0 Å². The molecule has 1 fully saturated rings. The van der Waals surface area contributed by atoms with Crippen molar-refractivity contribution in [1.29, 1.82) is 0 Å². The topological polar surface area (TPSA) is 83.9 Å². The van der Waals surface area contributed by atoms with Crippen molar-refractivity contribution in [2.45, 2.75) is 25.3 Å². The molecule has 1 N–H and O–H groups in total. The lowest BCUT2D eigenvalue weighted by molar-refractivity contribution is 0.241. The van der Waals surface area contributed by atoms with Gasteiger partial charge in [-0.2, -0.15) is 0 Å². The van der Waals surface area contributed by atoms with Crippen molar-refractivity contribution in [3.05, 3.63) is 84.2 Å². The van der Waals surface area contributed by atoms with E-state index in [0.29, 0.717) is 12.5 Å². The summed E-state index contributed by atoms with van der Waals surface area (Å²) >= 11 is 0. The number of aromatic amines is 1. The van der Waals surface area contributed by atoms with Gasteiger partial charge in [0, 0.05) is 47.7 Å². The van der Waals surface area contributed by atoms with E-state index in [4.69, 9.17) is 4.98 Å². The van der Waals surface area contributed by atoms with Gasteiger partial charge in [-0.25, -0.2) is 17.8 Å². The summed E-state index contributed by atoms with van der Waals surface area (Å²) in [5, 5.41) is 1.04. The number of piperidine rings is 1. The Morgan fingerprint density at radius 3 is 2.72 bits per heavy atom. The van der Waals surface area contributed by atoms with Crippen LogP contribution in [-0.2, 0) is 17.2 Å². The molecule has 0 aliphatic carbocycles. The second-order valence-electron chi connectivity index (χ2n) is 9.41. The number of hydrogen-bond donors (Lipinski definition) is 2. The Labute approximate surface area is 209 Å². The van der Waals surface area contributed by atoms with Crippen LogP contribution in [0.3, 0.4) is 0 Å². The molecule has 5 aromatic rings. The van der Waals surface area contributed by atoms with Gasteiger partial charge in [0.1, 0.15) is 11.5 Å². The lowest BCUT2D eigenvalue weighted by Gasteiger charge is -2.29. The lowest BCUT2D eigenvalue weighted by Crippen LogP contribution is -2.34. The Morgan fingerprint density at radius 1 is 1.06 bits per heavy atom. The van der Waals surface area contributed by atoms with Crippen LogP contribution < -0.4 is 0 Å². The molecule has 1 aromatic carbocycles. The molecule has 0 spiro atoms. The zero-order chi connectivity index (χ0) is 24.6. The van der Waals surface area contributed by atoms with Gasteiger partial charge in [-0.05, 0) is 73.5 Å². The number of fused-ring (bicyclic) bond motifs is 2. The van der Waals surface area contributed by atoms with Crippen LogP contribution in [0.4, 0.5) is 4.39 Å². The summed E-state index contributed by atoms with van der Waals surface area (Å²) in [6.07, 6.45) is 7.50. The quantitative estimate of drug-likeness (QED) is 0.333. The number of pyridine rings is 2. The first-order valence-electron chi connectivity index (χ1n) is 12.0. The van der Waals surface area contributed by atoms with Crippen molar-refractivity contribution in [2.24, 2.45) is 0 Å². The highest BCUT2D eigenvalue weighted by Crippen LogP contribution is 2.34. The molecular weight excluding hydrogens is 477 g/mol. The highest BCUT2D eigenvalue weighted by molar-refractivity contribution is 7.72. The third-order valence-electron chi connectivity index (χ3n) is 7.07. The monoisotopic (exact) mass is 503 g/mol. The maximum Gasteiger partial charge on any atom is 0.153 e. The van der Waals surface area contributed by atoms with E-state index in [-0.39, 0.29) is 11.7 Å². The summed E-state index contributed by atoms with van der Waals surface area (Å²) in [6, 6.07) is 15.0. The van der Waals surface area contributed by atoms with E-state index >= 15 is 0 Å². The molecule has 7 nitrogen and oxygen atoms in total. The predicted molar refractivity (Wildman–Crippen MR) is 139 cm³/mol. The van der Waals surface area contributed by atoms with Gasteiger partial charge in [0.15, 0.2) is 10.7 Å². The standard InChI is InChI=1S/C27H26FN5O2S/c28-21-3-1-2-18(12-21)16-33-11-7-24-26(33)13-20(15-30-24)22-4-8-29-27-23(22)14-25(31-27)19-5-9-32(10-6-19)17-36(34)35/h1-4,7-8,11-15,19,36H,5-6,9-10,16-17H2,(H,29,31). The number of nitrogens with one attached hydrogen (secondary N) is 1. The van der Waals surface area contributed by atoms with Crippen LogP contribution in [-0.4, -0.2) is 51.8 Å². The Morgan fingerprint density at radius 2 is 1.92 bits per heavy atom. The Hall–Kier alpha value is -3.56. The summed E-state index contributed by atoms with van der Waals surface area (Å²) in [4.78, 5) is 14.8. The average molecular weight is 504 g/mol. The number of hydrogen-bond acceptors (Lipinski definition) is 5. The molecule has 1 aliphatic heterocycles. The van der Waals surface area contributed by atoms with Crippen LogP contribution in [0, 0.1) is 5.82 Å². The maximum absolute atomic E-state index is 13.7. The number of H-pyrrole nitrogens is 1. The summed E-state index contributed by atoms with van der Waals surface area (Å²) in [5.41, 5.74) is 6.79. The number of aromatic nitrogens is 4. The zero-order valence-corrected chi connectivity index (χ0v) is 20.5. The van der Waals surface area contributed by atoms with E-state index in [9.17, 15) is 12.8 Å². The van der Waals surface area contributed by atoms with Crippen LogP contribution in [0.1, 0.15) is 30.0 Å². The van der Waals surface area contributed by atoms with E-state index in [0.717, 1.165) is 70.4 Å². The van der Waals surface area contributed by atoms with Crippen molar-refractivity contribution in [3.63, 3.8) is 0 Å². The first kappa shape index (κ1) is 22.9. The van der Waals surface area contributed by atoms with Crippen LogP contribution in [0.25, 0.3) is 33.2 Å². The molecule has 36 heavy (non-hydrogen) atoms. The average Bonchev–Trinajstić information content (AvgIpc) is 3.48. The molecule has 0 radical (unpaired) electrons. The molecule has 0 bridgehead atoms. The first-order valence-corrected chi connectivity index (χ1v) is 13.4. The van der Waals surface area contributed by atoms with Gasteiger partial charge in [-0.3, -0.25) is 9.88 Å². The number of thiol groups is 1. The van der Waals surface area contributed by atoms with Gasteiger partial charge in [0.2, 0.25) is 0 Å². The van der Waals surface area contributed by atoms with E-state index in [1.54, 1.807) is 18.3 Å². The first-order chi connectivity index (χ1) is 17.5. The van der Waals surface area contributed by atoms with Gasteiger partial charge < -0.3 is 9.55 Å². The summed E-state index contributed by atoms with van der Waals surface area (Å²) in [6.45, 7) is 2.10. The molecule has 0 saturated carbocycles. The summed E-state index contributed by atoms with van der Waals surface area (Å²) in [7, 11) is -2.38. The largest absolute Gasteiger partial charge is 0.343 e. The van der Waals surface area contributed by atoms with Gasteiger partial charge in [-0.1, -0.05) is 12.1 Å². The molecule has 184 valence electrons. The van der Waals surface area contributed by atoms with E-state index in [2.05, 4.69) is 26.7 Å². The minimum Gasteiger partial charge on any atom is -0.343 e. The van der Waals surface area contributed by atoms with Crippen molar-refractivity contribution < 1.29 is 12.8 Å². The number of nitrogens with zero attached hydrogens (tertiary/aromatic N) is 4. The van der Waals surface area contributed by atoms with Crippen molar-refractivity contribution in [1.82, 2.24) is 24.4 Å². The van der Waals surface area contributed by atoms with Gasteiger partial charge in [0.05, 0.1) is 16.9 Å². The highest BCUT2D eigenvalue weighted by Gasteiger charge is 2.23. The minimum absolute atomic E-state index is 0.136. The predicted octanol–water partition coefficient (Wildman–Crippen LogP) is 4.52. The van der Waals surface area contributed by atoms with Gasteiger partial charge in [0.25, 0.3) is 0 Å². The molecule has 0 atom stereocenters. The van der Waals surface area contributed by atoms with Crippen LogP contribution >= 0.6 is 0 Å². The molecule has 9 heteroatoms. The maximum atomic E-state index is 13.7. The third kappa shape index (κ3) is 4.52. The molecule has 6 rings (SSSR count). The van der Waals surface area contributed by atoms with E-state index in [1.165, 1.54) is 6.07 Å².